The van der Waals surface area contributed by atoms with Crippen LogP contribution in [0.15, 0.2) is 96.6 Å². The monoisotopic (exact) mass is 1030 g/mol. The highest BCUT2D eigenvalue weighted by Crippen LogP contribution is 2.41. The van der Waals surface area contributed by atoms with Crippen LogP contribution in [0.3, 0.4) is 0 Å². The van der Waals surface area contributed by atoms with Crippen LogP contribution >= 0.6 is 11.3 Å². The number of aromatic nitrogens is 5. The van der Waals surface area contributed by atoms with Gasteiger partial charge in [0.2, 0.25) is 0 Å². The number of halogens is 1. The van der Waals surface area contributed by atoms with E-state index in [1.54, 1.807) is 61.4 Å². The van der Waals surface area contributed by atoms with Crippen LogP contribution in [-0.2, 0) is 40.6 Å². The van der Waals surface area contributed by atoms with E-state index < -0.39 is 47.0 Å². The number of thiazole rings is 1. The first-order valence-corrected chi connectivity index (χ1v) is 25.5. The second kappa shape index (κ2) is 21.6. The molecular formula is C55H61FN8O9S. The topological polar surface area (TPSA) is 215 Å². The van der Waals surface area contributed by atoms with Crippen molar-refractivity contribution >= 4 is 40.0 Å². The molecule has 9 rings (SSSR count). The van der Waals surface area contributed by atoms with Crippen LogP contribution < -0.4 is 20.1 Å². The van der Waals surface area contributed by atoms with Gasteiger partial charge in [-0.05, 0) is 115 Å². The number of ether oxygens (including phenoxy) is 3. The molecule has 2 fully saturated rings. The number of β-amino-alcohol motifs (C(OH)–C–C–N with tert-alkyl or cyclic N) is 1. The van der Waals surface area contributed by atoms with Gasteiger partial charge in [-0.1, -0.05) is 50.3 Å². The zero-order chi connectivity index (χ0) is 52.3. The molecule has 0 spiro atoms. The average molecular weight is 1030 g/mol. The number of aliphatic hydroxyl groups excluding tert-OH is 1. The minimum absolute atomic E-state index is 0.0108. The van der Waals surface area contributed by atoms with Crippen molar-refractivity contribution in [1.82, 2.24) is 40.1 Å². The van der Waals surface area contributed by atoms with E-state index in [0.29, 0.717) is 42.5 Å². The SMILES string of the molecule is Cc1ncsc1-c1ccc(CNC(=O)N2C[C@H](O)CC2C(=O)[C@H](NC(=O)C2(F)CC2)C(C)(C)C)c(OCCOCc2cn(CCOc3ccc(Cn4c(-c5ccc(O)cc5)c(C)c5cc(O)ccc54)cc3)nn2)c1. The van der Waals surface area contributed by atoms with Gasteiger partial charge in [0.1, 0.15) is 41.9 Å². The Bertz CT molecular complexity index is 3140. The predicted octanol–water partition coefficient (Wildman–Crippen LogP) is 8.02. The summed E-state index contributed by atoms with van der Waals surface area (Å²) >= 11 is 1.50. The molecule has 7 aromatic rings. The normalized spacial score (nSPS) is 16.6. The number of amides is 3. The Morgan fingerprint density at radius 2 is 1.66 bits per heavy atom. The molecule has 1 saturated heterocycles. The Morgan fingerprint density at radius 3 is 2.38 bits per heavy atom. The number of phenols is 2. The molecule has 3 aromatic heterocycles. The van der Waals surface area contributed by atoms with Gasteiger partial charge < -0.3 is 49.6 Å². The third-order valence-corrected chi connectivity index (χ3v) is 14.5. The van der Waals surface area contributed by atoms with Crippen LogP contribution in [0.2, 0.25) is 0 Å². The molecule has 4 heterocycles. The number of rotatable bonds is 20. The highest BCUT2D eigenvalue weighted by atomic mass is 32.1. The van der Waals surface area contributed by atoms with Crippen molar-refractivity contribution in [3.63, 3.8) is 0 Å². The lowest BCUT2D eigenvalue weighted by Crippen LogP contribution is -2.58. The van der Waals surface area contributed by atoms with Crippen molar-refractivity contribution in [3.05, 3.63) is 125 Å². The standard InChI is InChI=1S/C55H61FN8O9S/c1-33-44-25-41(66)14-17-45(44)63(48(33)36-10-12-40(65)13-11-36)28-35-6-15-43(16-7-35)72-21-20-62-29-39(60-61-62)31-71-22-23-73-47-24-37(50-34(2)58-32-74-50)8-9-38(47)27-57-53(70)64-30-42(67)26-46(64)49(68)51(54(3,4)5)59-52(69)55(56)18-19-55/h6-17,24-25,29,32,42,46,51,65-67H,18-23,26-28,30-31H2,1-5H3,(H,57,70)(H,59,69)/t42-,46?,51+/m1/s1. The van der Waals surface area contributed by atoms with Crippen molar-refractivity contribution in [1.29, 1.82) is 0 Å². The fraction of sp³-hybridized carbons (Fsp3) is 0.382. The van der Waals surface area contributed by atoms with Crippen molar-refractivity contribution < 1.29 is 48.3 Å². The molecule has 74 heavy (non-hydrogen) atoms. The number of nitrogens with zero attached hydrogens (tertiary/aromatic N) is 6. The van der Waals surface area contributed by atoms with Crippen LogP contribution in [0, 0.1) is 19.3 Å². The van der Waals surface area contributed by atoms with Gasteiger partial charge in [0.25, 0.3) is 5.91 Å². The summed E-state index contributed by atoms with van der Waals surface area (Å²) in [7, 11) is 0. The number of hydrogen-bond donors (Lipinski definition) is 5. The maximum Gasteiger partial charge on any atom is 0.318 e. The van der Waals surface area contributed by atoms with Gasteiger partial charge in [0.15, 0.2) is 11.5 Å². The Morgan fingerprint density at radius 1 is 0.919 bits per heavy atom. The van der Waals surface area contributed by atoms with E-state index in [-0.39, 0.29) is 63.7 Å². The number of urea groups is 1. The summed E-state index contributed by atoms with van der Waals surface area (Å²) in [5.74, 6) is 0.318. The fourth-order valence-electron chi connectivity index (χ4n) is 9.34. The largest absolute Gasteiger partial charge is 0.508 e. The lowest BCUT2D eigenvalue weighted by molar-refractivity contribution is -0.135. The molecule has 3 atom stereocenters. The van der Waals surface area contributed by atoms with Gasteiger partial charge in [-0.25, -0.2) is 18.9 Å². The Hall–Kier alpha value is -7.35. The molecule has 0 bridgehead atoms. The second-order valence-corrected chi connectivity index (χ2v) is 21.0. The molecule has 1 aliphatic carbocycles. The van der Waals surface area contributed by atoms with E-state index in [0.717, 1.165) is 49.4 Å². The summed E-state index contributed by atoms with van der Waals surface area (Å²) in [6.45, 7) is 11.2. The summed E-state index contributed by atoms with van der Waals surface area (Å²) in [6, 6.07) is 23.4. The second-order valence-electron chi connectivity index (χ2n) is 20.1. The minimum atomic E-state index is -1.98. The predicted molar refractivity (Wildman–Crippen MR) is 277 cm³/mol. The summed E-state index contributed by atoms with van der Waals surface area (Å²) < 4.78 is 36.8. The number of aliphatic hydroxyl groups is 1. The van der Waals surface area contributed by atoms with Crippen molar-refractivity contribution in [2.24, 2.45) is 5.41 Å². The van der Waals surface area contributed by atoms with Crippen molar-refractivity contribution in [3.8, 4) is 44.7 Å². The van der Waals surface area contributed by atoms with E-state index in [2.05, 4.69) is 30.5 Å². The number of carbonyl (C=O) groups is 3. The first kappa shape index (κ1) is 51.5. The van der Waals surface area contributed by atoms with Gasteiger partial charge >= 0.3 is 6.03 Å². The van der Waals surface area contributed by atoms with Crippen LogP contribution in [-0.4, -0.2) is 113 Å². The smallest absolute Gasteiger partial charge is 0.318 e. The van der Waals surface area contributed by atoms with E-state index in [9.17, 15) is 34.1 Å². The van der Waals surface area contributed by atoms with Crippen LogP contribution in [0.5, 0.6) is 23.0 Å². The number of ketones is 1. The van der Waals surface area contributed by atoms with Crippen LogP contribution in [0.4, 0.5) is 9.18 Å². The van der Waals surface area contributed by atoms with E-state index in [1.807, 2.05) is 74.5 Å². The third-order valence-electron chi connectivity index (χ3n) is 13.5. The summed E-state index contributed by atoms with van der Waals surface area (Å²) in [4.78, 5) is 47.1. The van der Waals surface area contributed by atoms with Crippen LogP contribution in [0.1, 0.15) is 68.1 Å². The fourth-order valence-corrected chi connectivity index (χ4v) is 10.1. The molecule has 17 nitrogen and oxygen atoms in total. The van der Waals surface area contributed by atoms with Gasteiger partial charge in [-0.3, -0.25) is 9.59 Å². The van der Waals surface area contributed by atoms with Crippen molar-refractivity contribution in [2.45, 2.75) is 104 Å². The van der Waals surface area contributed by atoms with Gasteiger partial charge in [-0.15, -0.1) is 16.4 Å². The first-order chi connectivity index (χ1) is 35.4. The molecule has 2 aliphatic rings. The molecule has 4 aromatic carbocycles. The lowest BCUT2D eigenvalue weighted by Gasteiger charge is -2.34. The number of aryl methyl sites for hydroxylation is 2. The number of hydrogen-bond acceptors (Lipinski definition) is 13. The maximum absolute atomic E-state index is 14.7. The number of fused-ring (bicyclic) bond motifs is 1. The molecule has 3 amide bonds. The number of Topliss-reactive ketones (excluding diaryl/α,β-unsaturated/α-hetero) is 1. The summed E-state index contributed by atoms with van der Waals surface area (Å²) in [5.41, 5.74) is 7.11. The Balaban J connectivity index is 0.762. The maximum atomic E-state index is 14.7. The Labute approximate surface area is 431 Å². The molecule has 1 unspecified atom stereocenters. The number of phenolic OH excluding ortho intramolecular Hbond substituents is 2. The number of nitrogens with one attached hydrogen (secondary N) is 2. The number of likely N-dealkylation sites (tertiary alicyclic amines) is 1. The number of benzene rings is 4. The number of aromatic hydroxyl groups is 2. The minimum Gasteiger partial charge on any atom is -0.508 e. The molecule has 1 saturated carbocycles. The highest BCUT2D eigenvalue weighted by Gasteiger charge is 2.53. The highest BCUT2D eigenvalue weighted by molar-refractivity contribution is 7.13. The zero-order valence-corrected chi connectivity index (χ0v) is 42.8. The quantitative estimate of drug-likeness (QED) is 0.0459. The van der Waals surface area contributed by atoms with Gasteiger partial charge in [0.05, 0.1) is 65.9 Å². The summed E-state index contributed by atoms with van der Waals surface area (Å²) in [6.07, 6.45) is 1.03. The van der Waals surface area contributed by atoms with E-state index >= 15 is 0 Å². The van der Waals surface area contributed by atoms with E-state index in [1.165, 1.54) is 16.2 Å². The van der Waals surface area contributed by atoms with Gasteiger partial charge in [0, 0.05) is 42.5 Å². The molecule has 5 N–H and O–H groups in total. The average Bonchev–Trinajstić information content (AvgIpc) is 3.71. The lowest BCUT2D eigenvalue weighted by atomic mass is 9.81. The molecule has 19 heteroatoms. The number of carbonyl (C=O) groups excluding carboxylic acids is 3. The first-order valence-electron chi connectivity index (χ1n) is 24.7. The molecular weight excluding hydrogens is 968 g/mol. The Kier molecular flexibility index (Phi) is 15.1. The van der Waals surface area contributed by atoms with Crippen molar-refractivity contribution in [2.75, 3.05) is 26.4 Å². The summed E-state index contributed by atoms with van der Waals surface area (Å²) in [5, 5.41) is 45.8. The zero-order valence-electron chi connectivity index (χ0n) is 42.0. The molecule has 388 valence electrons. The van der Waals surface area contributed by atoms with Crippen LogP contribution in [0.25, 0.3) is 32.6 Å². The molecule has 1 aliphatic heterocycles. The third kappa shape index (κ3) is 11.7. The van der Waals surface area contributed by atoms with E-state index in [4.69, 9.17) is 14.2 Å². The molecule has 0 radical (unpaired) electrons. The number of alkyl halides is 1. The van der Waals surface area contributed by atoms with Gasteiger partial charge in [-0.2, -0.15) is 0 Å².